The van der Waals surface area contributed by atoms with E-state index in [1.165, 1.54) is 6.07 Å². The molecule has 3 N–H and O–H groups in total. The average Bonchev–Trinajstić information content (AvgIpc) is 2.41. The van der Waals surface area contributed by atoms with Crippen molar-refractivity contribution in [3.8, 4) is 5.75 Å². The summed E-state index contributed by atoms with van der Waals surface area (Å²) in [6.45, 7) is -0.489. The van der Waals surface area contributed by atoms with Crippen LogP contribution in [0.25, 0.3) is 0 Å². The maximum atomic E-state index is 13.9. The number of halogens is 1. The molecule has 0 amide bonds. The van der Waals surface area contributed by atoms with Gasteiger partial charge in [-0.1, -0.05) is 18.2 Å². The van der Waals surface area contributed by atoms with E-state index < -0.39 is 18.4 Å². The Labute approximate surface area is 115 Å². The van der Waals surface area contributed by atoms with E-state index in [9.17, 15) is 9.18 Å². The molecule has 0 aliphatic heterocycles. The Kier molecular flexibility index (Phi) is 4.20. The first kappa shape index (κ1) is 13.9. The van der Waals surface area contributed by atoms with E-state index in [4.69, 9.17) is 15.6 Å². The van der Waals surface area contributed by atoms with Crippen LogP contribution in [-0.4, -0.2) is 17.7 Å². The zero-order chi connectivity index (χ0) is 14.5. The van der Waals surface area contributed by atoms with Crippen LogP contribution in [0.5, 0.6) is 5.75 Å². The first-order valence-corrected chi connectivity index (χ1v) is 6.02. The Bertz CT molecular complexity index is 611. The minimum Gasteiger partial charge on any atom is -0.482 e. The quantitative estimate of drug-likeness (QED) is 0.822. The number of nitrogens with two attached hydrogens (primary N) is 1. The van der Waals surface area contributed by atoms with Crippen molar-refractivity contribution < 1.29 is 19.0 Å². The zero-order valence-corrected chi connectivity index (χ0v) is 10.7. The second-order valence-corrected chi connectivity index (χ2v) is 4.35. The van der Waals surface area contributed by atoms with Gasteiger partial charge in [-0.05, 0) is 29.3 Å². The van der Waals surface area contributed by atoms with Crippen molar-refractivity contribution in [2.45, 2.75) is 6.42 Å². The van der Waals surface area contributed by atoms with Gasteiger partial charge in [-0.3, -0.25) is 0 Å². The third-order valence-electron chi connectivity index (χ3n) is 2.76. The zero-order valence-electron chi connectivity index (χ0n) is 10.7. The topological polar surface area (TPSA) is 72.5 Å². The van der Waals surface area contributed by atoms with Crippen LogP contribution in [0, 0.1) is 5.82 Å². The number of carboxylic acid groups (broad SMARTS) is 1. The highest BCUT2D eigenvalue weighted by molar-refractivity contribution is 5.68. The number of carbonyl (C=O) groups is 1. The number of hydrogen-bond acceptors (Lipinski definition) is 3. The number of aliphatic carboxylic acids is 1. The molecule has 0 unspecified atom stereocenters. The Morgan fingerprint density at radius 3 is 2.50 bits per heavy atom. The van der Waals surface area contributed by atoms with Crippen LogP contribution in [0.15, 0.2) is 42.5 Å². The summed E-state index contributed by atoms with van der Waals surface area (Å²) in [5.74, 6) is -1.33. The first-order valence-electron chi connectivity index (χ1n) is 6.02. The molecule has 5 heteroatoms. The fourth-order valence-electron chi connectivity index (χ4n) is 1.76. The van der Waals surface area contributed by atoms with Crippen LogP contribution in [-0.2, 0) is 11.2 Å². The predicted octanol–water partition coefficient (Wildman–Crippen LogP) is 2.46. The molecule has 2 aromatic carbocycles. The molecule has 0 aliphatic rings. The number of benzene rings is 2. The van der Waals surface area contributed by atoms with Crippen molar-refractivity contribution in [2.24, 2.45) is 0 Å². The molecule has 0 heterocycles. The third-order valence-corrected chi connectivity index (χ3v) is 2.76. The monoisotopic (exact) mass is 275 g/mol. The van der Waals surface area contributed by atoms with Crippen LogP contribution in [0.4, 0.5) is 10.1 Å². The van der Waals surface area contributed by atoms with Gasteiger partial charge >= 0.3 is 5.97 Å². The number of ether oxygens (including phenoxy) is 1. The fourth-order valence-corrected chi connectivity index (χ4v) is 1.76. The summed E-state index contributed by atoms with van der Waals surface area (Å²) >= 11 is 0. The highest BCUT2D eigenvalue weighted by atomic mass is 19.1. The lowest BCUT2D eigenvalue weighted by Gasteiger charge is -2.07. The van der Waals surface area contributed by atoms with E-state index in [2.05, 4.69) is 0 Å². The van der Waals surface area contributed by atoms with Gasteiger partial charge in [-0.25, -0.2) is 9.18 Å². The van der Waals surface area contributed by atoms with Gasteiger partial charge in [-0.15, -0.1) is 0 Å². The molecule has 2 aromatic rings. The van der Waals surface area contributed by atoms with Crippen molar-refractivity contribution in [3.05, 3.63) is 59.4 Å². The van der Waals surface area contributed by atoms with Gasteiger partial charge in [0.2, 0.25) is 0 Å². The molecule has 0 radical (unpaired) electrons. The van der Waals surface area contributed by atoms with Gasteiger partial charge in [0.1, 0.15) is 11.6 Å². The van der Waals surface area contributed by atoms with Crippen molar-refractivity contribution in [1.29, 1.82) is 0 Å². The normalized spacial score (nSPS) is 10.2. The number of hydrogen-bond donors (Lipinski definition) is 2. The number of rotatable bonds is 5. The summed E-state index contributed by atoms with van der Waals surface area (Å²) in [7, 11) is 0. The second-order valence-electron chi connectivity index (χ2n) is 4.35. The van der Waals surface area contributed by atoms with Gasteiger partial charge in [-0.2, -0.15) is 0 Å². The van der Waals surface area contributed by atoms with E-state index in [1.807, 2.05) is 12.1 Å². The molecule has 0 aliphatic carbocycles. The molecule has 0 bridgehead atoms. The summed E-state index contributed by atoms with van der Waals surface area (Å²) in [5.41, 5.74) is 7.70. The van der Waals surface area contributed by atoms with Gasteiger partial charge < -0.3 is 15.6 Å². The molecule has 0 spiro atoms. The molecule has 0 saturated carbocycles. The van der Waals surface area contributed by atoms with Gasteiger partial charge in [0.05, 0.1) is 0 Å². The lowest BCUT2D eigenvalue weighted by Crippen LogP contribution is -2.09. The van der Waals surface area contributed by atoms with E-state index in [0.717, 1.165) is 5.56 Å². The Hall–Kier alpha value is -2.56. The molecule has 104 valence electrons. The highest BCUT2D eigenvalue weighted by Crippen LogP contribution is 2.20. The average molecular weight is 275 g/mol. The van der Waals surface area contributed by atoms with Crippen LogP contribution in [0.2, 0.25) is 0 Å². The lowest BCUT2D eigenvalue weighted by molar-refractivity contribution is -0.139. The number of nitrogen functional groups attached to an aromatic ring is 1. The van der Waals surface area contributed by atoms with Crippen molar-refractivity contribution >= 4 is 11.7 Å². The fraction of sp³-hybridized carbons (Fsp3) is 0.133. The SMILES string of the molecule is Nc1ccc(Cc2ccc(OCC(=O)O)cc2F)cc1. The summed E-state index contributed by atoms with van der Waals surface area (Å²) in [6, 6.07) is 11.5. The standard InChI is InChI=1S/C15H14FNO3/c16-14-8-13(20-9-15(18)19)6-3-11(14)7-10-1-4-12(17)5-2-10/h1-6,8H,7,9,17H2,(H,18,19). The van der Waals surface area contributed by atoms with E-state index in [-0.39, 0.29) is 5.75 Å². The molecule has 0 saturated heterocycles. The Morgan fingerprint density at radius 2 is 1.90 bits per heavy atom. The minimum atomic E-state index is -1.10. The summed E-state index contributed by atoms with van der Waals surface area (Å²) in [4.78, 5) is 10.4. The molecule has 0 aromatic heterocycles. The van der Waals surface area contributed by atoms with Crippen molar-refractivity contribution in [3.63, 3.8) is 0 Å². The summed E-state index contributed by atoms with van der Waals surface area (Å²) in [6.07, 6.45) is 0.436. The van der Waals surface area contributed by atoms with Crippen molar-refractivity contribution in [1.82, 2.24) is 0 Å². The molecule has 4 nitrogen and oxygen atoms in total. The smallest absolute Gasteiger partial charge is 0.341 e. The highest BCUT2D eigenvalue weighted by Gasteiger charge is 2.07. The maximum Gasteiger partial charge on any atom is 0.341 e. The number of carboxylic acids is 1. The minimum absolute atomic E-state index is 0.200. The van der Waals surface area contributed by atoms with Crippen molar-refractivity contribution in [2.75, 3.05) is 12.3 Å². The van der Waals surface area contributed by atoms with Gasteiger partial charge in [0, 0.05) is 18.2 Å². The van der Waals surface area contributed by atoms with Crippen LogP contribution < -0.4 is 10.5 Å². The molecular formula is C15H14FNO3. The van der Waals surface area contributed by atoms with Crippen LogP contribution in [0.1, 0.15) is 11.1 Å². The third kappa shape index (κ3) is 3.71. The first-order chi connectivity index (χ1) is 9.54. The molecule has 0 fully saturated rings. The van der Waals surface area contributed by atoms with Gasteiger partial charge in [0.25, 0.3) is 0 Å². The predicted molar refractivity (Wildman–Crippen MR) is 73.2 cm³/mol. The summed E-state index contributed by atoms with van der Waals surface area (Å²) in [5, 5.41) is 8.49. The second kappa shape index (κ2) is 6.06. The molecule has 0 atom stereocenters. The number of anilines is 1. The summed E-state index contributed by atoms with van der Waals surface area (Å²) < 4.78 is 18.8. The Balaban J connectivity index is 2.09. The largest absolute Gasteiger partial charge is 0.482 e. The molecule has 20 heavy (non-hydrogen) atoms. The Morgan fingerprint density at radius 1 is 1.20 bits per heavy atom. The van der Waals surface area contributed by atoms with E-state index in [1.54, 1.807) is 24.3 Å². The lowest BCUT2D eigenvalue weighted by atomic mass is 10.0. The van der Waals surface area contributed by atoms with Crippen LogP contribution in [0.3, 0.4) is 0 Å². The van der Waals surface area contributed by atoms with Crippen LogP contribution >= 0.6 is 0 Å². The maximum absolute atomic E-state index is 13.9. The molecule has 2 rings (SSSR count). The van der Waals surface area contributed by atoms with E-state index in [0.29, 0.717) is 17.7 Å². The van der Waals surface area contributed by atoms with E-state index >= 15 is 0 Å². The van der Waals surface area contributed by atoms with Gasteiger partial charge in [0.15, 0.2) is 6.61 Å². The molecular weight excluding hydrogens is 261 g/mol.